The minimum absolute atomic E-state index is 0.178. The monoisotopic (exact) mass is 222 g/mol. The second-order valence-electron chi connectivity index (χ2n) is 5.62. The van der Waals surface area contributed by atoms with Gasteiger partial charge in [-0.25, -0.2) is 4.39 Å². The van der Waals surface area contributed by atoms with Gasteiger partial charge in [-0.15, -0.1) is 0 Å². The van der Waals surface area contributed by atoms with Crippen LogP contribution >= 0.6 is 0 Å². The molecule has 88 valence electrons. The van der Waals surface area contributed by atoms with E-state index in [1.807, 2.05) is 32.9 Å². The van der Waals surface area contributed by atoms with Crippen molar-refractivity contribution < 1.29 is 9.13 Å². The molecule has 1 fully saturated rings. The molecule has 2 heteroatoms. The number of halogens is 1. The molecule has 1 aliphatic rings. The molecule has 0 unspecified atom stereocenters. The van der Waals surface area contributed by atoms with Crippen LogP contribution in [0.1, 0.15) is 39.2 Å². The molecule has 0 spiro atoms. The molecule has 1 nitrogen and oxygen atoms in total. The Bertz CT molecular complexity index is 375. The van der Waals surface area contributed by atoms with Crippen LogP contribution in [-0.2, 0) is 5.41 Å². The van der Waals surface area contributed by atoms with Gasteiger partial charge in [0.25, 0.3) is 0 Å². The van der Waals surface area contributed by atoms with E-state index in [2.05, 4.69) is 0 Å². The molecule has 1 aromatic carbocycles. The smallest absolute Gasteiger partial charge is 0.168 e. The van der Waals surface area contributed by atoms with E-state index in [-0.39, 0.29) is 11.2 Å². The quantitative estimate of drug-likeness (QED) is 0.753. The Morgan fingerprint density at radius 3 is 2.56 bits per heavy atom. The average Bonchev–Trinajstić information content (AvgIpc) is 2.98. The Hall–Kier alpha value is -1.05. The first-order valence-corrected chi connectivity index (χ1v) is 5.90. The minimum atomic E-state index is -0.198. The second-order valence-corrected chi connectivity index (χ2v) is 5.62. The molecule has 1 aromatic rings. The van der Waals surface area contributed by atoms with Crippen LogP contribution in [0.5, 0.6) is 5.75 Å². The number of ether oxygens (including phenoxy) is 1. The van der Waals surface area contributed by atoms with E-state index in [1.54, 1.807) is 6.07 Å². The van der Waals surface area contributed by atoms with Gasteiger partial charge < -0.3 is 4.74 Å². The van der Waals surface area contributed by atoms with Gasteiger partial charge in [-0.2, -0.15) is 0 Å². The summed E-state index contributed by atoms with van der Waals surface area (Å²) in [5, 5.41) is 0. The molecule has 2 rings (SSSR count). The predicted octanol–water partition coefficient (Wildman–Crippen LogP) is 3.91. The van der Waals surface area contributed by atoms with Crippen LogP contribution in [0.25, 0.3) is 0 Å². The summed E-state index contributed by atoms with van der Waals surface area (Å²) < 4.78 is 19.6. The third kappa shape index (κ3) is 2.55. The van der Waals surface area contributed by atoms with E-state index >= 15 is 0 Å². The maximum atomic E-state index is 14.1. The molecule has 0 N–H and O–H groups in total. The lowest BCUT2D eigenvalue weighted by Crippen LogP contribution is -2.14. The number of benzene rings is 1. The van der Waals surface area contributed by atoms with Gasteiger partial charge in [-0.05, 0) is 35.8 Å². The first kappa shape index (κ1) is 11.4. The van der Waals surface area contributed by atoms with Gasteiger partial charge in [0.05, 0.1) is 6.61 Å². The lowest BCUT2D eigenvalue weighted by molar-refractivity contribution is 0.282. The Balaban J connectivity index is 2.17. The van der Waals surface area contributed by atoms with Crippen LogP contribution in [0.4, 0.5) is 4.39 Å². The van der Waals surface area contributed by atoms with Crippen LogP contribution in [0, 0.1) is 11.7 Å². The van der Waals surface area contributed by atoms with Crippen molar-refractivity contribution in [2.45, 2.75) is 39.0 Å². The summed E-state index contributed by atoms with van der Waals surface area (Å²) >= 11 is 0. The normalized spacial score (nSPS) is 16.2. The zero-order valence-electron chi connectivity index (χ0n) is 10.2. The van der Waals surface area contributed by atoms with Gasteiger partial charge in [-0.1, -0.05) is 32.9 Å². The van der Waals surface area contributed by atoms with Gasteiger partial charge in [0.1, 0.15) is 0 Å². The largest absolute Gasteiger partial charge is 0.490 e. The Kier molecular flexibility index (Phi) is 2.92. The van der Waals surface area contributed by atoms with Crippen molar-refractivity contribution in [2.75, 3.05) is 6.61 Å². The van der Waals surface area contributed by atoms with Crippen molar-refractivity contribution in [1.82, 2.24) is 0 Å². The molecular weight excluding hydrogens is 203 g/mol. The molecule has 0 atom stereocenters. The minimum Gasteiger partial charge on any atom is -0.490 e. The Morgan fingerprint density at radius 2 is 2.00 bits per heavy atom. The van der Waals surface area contributed by atoms with Crippen LogP contribution < -0.4 is 4.74 Å². The highest BCUT2D eigenvalue weighted by molar-refractivity contribution is 5.35. The molecule has 16 heavy (non-hydrogen) atoms. The topological polar surface area (TPSA) is 9.23 Å². The van der Waals surface area contributed by atoms with E-state index in [4.69, 9.17) is 4.74 Å². The van der Waals surface area contributed by atoms with Gasteiger partial charge in [0.15, 0.2) is 11.6 Å². The SMILES string of the molecule is CC(C)(C)c1cccc(OCC2CC2)c1F. The number of rotatable bonds is 3. The lowest BCUT2D eigenvalue weighted by atomic mass is 9.86. The fraction of sp³-hybridized carbons (Fsp3) is 0.571. The summed E-state index contributed by atoms with van der Waals surface area (Å²) in [6.45, 7) is 6.69. The van der Waals surface area contributed by atoms with Gasteiger partial charge in [0, 0.05) is 0 Å². The molecule has 0 radical (unpaired) electrons. The summed E-state index contributed by atoms with van der Waals surface area (Å²) in [5.74, 6) is 0.854. The molecule has 1 aliphatic carbocycles. The van der Waals surface area contributed by atoms with Crippen molar-refractivity contribution in [3.8, 4) is 5.75 Å². The zero-order chi connectivity index (χ0) is 11.8. The van der Waals surface area contributed by atoms with Gasteiger partial charge in [-0.3, -0.25) is 0 Å². The number of hydrogen-bond acceptors (Lipinski definition) is 1. The van der Waals surface area contributed by atoms with Crippen molar-refractivity contribution >= 4 is 0 Å². The standard InChI is InChI=1S/C14H19FO/c1-14(2,3)11-5-4-6-12(13(11)15)16-9-10-7-8-10/h4-6,10H,7-9H2,1-3H3. The molecule has 0 aromatic heterocycles. The third-order valence-corrected chi connectivity index (χ3v) is 2.94. The maximum Gasteiger partial charge on any atom is 0.168 e. The van der Waals surface area contributed by atoms with Crippen LogP contribution in [0.2, 0.25) is 0 Å². The van der Waals surface area contributed by atoms with Crippen molar-refractivity contribution in [3.63, 3.8) is 0 Å². The van der Waals surface area contributed by atoms with E-state index in [0.717, 1.165) is 5.56 Å². The molecule has 0 heterocycles. The Labute approximate surface area is 96.6 Å². The fourth-order valence-corrected chi connectivity index (χ4v) is 1.69. The summed E-state index contributed by atoms with van der Waals surface area (Å²) in [6.07, 6.45) is 2.45. The molecule has 0 aliphatic heterocycles. The Morgan fingerprint density at radius 1 is 1.31 bits per heavy atom. The summed E-state index contributed by atoms with van der Waals surface area (Å²) in [4.78, 5) is 0. The highest BCUT2D eigenvalue weighted by atomic mass is 19.1. The van der Waals surface area contributed by atoms with Crippen LogP contribution in [0.15, 0.2) is 18.2 Å². The lowest BCUT2D eigenvalue weighted by Gasteiger charge is -2.21. The first-order valence-electron chi connectivity index (χ1n) is 5.90. The zero-order valence-corrected chi connectivity index (χ0v) is 10.2. The van der Waals surface area contributed by atoms with Gasteiger partial charge >= 0.3 is 0 Å². The number of hydrogen-bond donors (Lipinski definition) is 0. The highest BCUT2D eigenvalue weighted by Gasteiger charge is 2.24. The molecular formula is C14H19FO. The second kappa shape index (κ2) is 4.08. The van der Waals surface area contributed by atoms with E-state index in [9.17, 15) is 4.39 Å². The van der Waals surface area contributed by atoms with E-state index in [1.165, 1.54) is 12.8 Å². The highest BCUT2D eigenvalue weighted by Crippen LogP contribution is 2.33. The maximum absolute atomic E-state index is 14.1. The molecule has 0 saturated heterocycles. The van der Waals surface area contributed by atoms with E-state index in [0.29, 0.717) is 18.3 Å². The third-order valence-electron chi connectivity index (χ3n) is 2.94. The average molecular weight is 222 g/mol. The van der Waals surface area contributed by atoms with Crippen LogP contribution in [0.3, 0.4) is 0 Å². The van der Waals surface area contributed by atoms with Crippen molar-refractivity contribution in [3.05, 3.63) is 29.6 Å². The summed E-state index contributed by atoms with van der Waals surface area (Å²) in [5.41, 5.74) is 0.545. The van der Waals surface area contributed by atoms with Gasteiger partial charge in [0.2, 0.25) is 0 Å². The summed E-state index contributed by atoms with van der Waals surface area (Å²) in [7, 11) is 0. The molecule has 0 bridgehead atoms. The predicted molar refractivity (Wildman–Crippen MR) is 63.3 cm³/mol. The molecule has 1 saturated carbocycles. The molecule has 0 amide bonds. The van der Waals surface area contributed by atoms with Crippen molar-refractivity contribution in [2.24, 2.45) is 5.92 Å². The van der Waals surface area contributed by atoms with Crippen molar-refractivity contribution in [1.29, 1.82) is 0 Å². The van der Waals surface area contributed by atoms with Crippen LogP contribution in [-0.4, -0.2) is 6.61 Å². The fourth-order valence-electron chi connectivity index (χ4n) is 1.69. The summed E-state index contributed by atoms with van der Waals surface area (Å²) in [6, 6.07) is 5.41. The first-order chi connectivity index (χ1) is 7.48. The van der Waals surface area contributed by atoms with E-state index < -0.39 is 0 Å².